The van der Waals surface area contributed by atoms with Crippen LogP contribution in [0, 0.1) is 0 Å². The topological polar surface area (TPSA) is 76.6 Å². The van der Waals surface area contributed by atoms with Gasteiger partial charge in [-0.15, -0.1) is 0 Å². The number of carboxylic acids is 1. The number of carboxylic acid groups (broad SMARTS) is 1. The van der Waals surface area contributed by atoms with Crippen LogP contribution in [0.4, 0.5) is 0 Å². The van der Waals surface area contributed by atoms with Gasteiger partial charge < -0.3 is 24.1 Å². The first-order valence-electron chi connectivity index (χ1n) is 7.45. The summed E-state index contributed by atoms with van der Waals surface area (Å²) in [6.07, 6.45) is 7.36. The van der Waals surface area contributed by atoms with Crippen molar-refractivity contribution in [1.82, 2.24) is 4.57 Å². The van der Waals surface area contributed by atoms with Crippen molar-refractivity contribution in [3.05, 3.63) is 18.7 Å². The Balaban J connectivity index is 0.000000425. The van der Waals surface area contributed by atoms with Gasteiger partial charge in [-0.25, -0.2) is 9.13 Å². The first-order chi connectivity index (χ1) is 10.6. The Labute approximate surface area is 132 Å². The van der Waals surface area contributed by atoms with E-state index < -0.39 is 5.97 Å². The number of carbonyl (C=O) groups excluding carboxylic acids is 1. The number of hydrogen-bond donors (Lipinski definition) is 0. The van der Waals surface area contributed by atoms with Crippen molar-refractivity contribution < 1.29 is 28.7 Å². The molecule has 0 N–H and O–H groups in total. The van der Waals surface area contributed by atoms with E-state index in [1.807, 2.05) is 7.05 Å². The molecule has 7 nitrogen and oxygen atoms in total. The first-order valence-corrected chi connectivity index (χ1v) is 7.45. The third kappa shape index (κ3) is 13.5. The van der Waals surface area contributed by atoms with Gasteiger partial charge >= 0.3 is 0 Å². The normalized spacial score (nSPS) is 10.1. The number of ether oxygens (including phenoxy) is 3. The zero-order valence-electron chi connectivity index (χ0n) is 13.8. The Morgan fingerprint density at radius 1 is 1.18 bits per heavy atom. The molecular formula is C15H28N2O5. The summed E-state index contributed by atoms with van der Waals surface area (Å²) in [5.74, 6) is -1.10. The van der Waals surface area contributed by atoms with Crippen LogP contribution in [0.2, 0.25) is 0 Å². The summed E-state index contributed by atoms with van der Waals surface area (Å²) in [7, 11) is 3.63. The van der Waals surface area contributed by atoms with Gasteiger partial charge in [0.2, 0.25) is 6.33 Å². The molecule has 128 valence electrons. The molecule has 0 saturated carbocycles. The Morgan fingerprint density at radius 3 is 2.32 bits per heavy atom. The fourth-order valence-electron chi connectivity index (χ4n) is 1.51. The maximum absolute atomic E-state index is 9.93. The summed E-state index contributed by atoms with van der Waals surface area (Å²) in [5.41, 5.74) is 0. The van der Waals surface area contributed by atoms with Gasteiger partial charge in [0.25, 0.3) is 0 Å². The first kappa shape index (κ1) is 20.6. The molecule has 0 aliphatic carbocycles. The lowest BCUT2D eigenvalue weighted by Gasteiger charge is -2.05. The van der Waals surface area contributed by atoms with E-state index in [4.69, 9.17) is 14.2 Å². The quantitative estimate of drug-likeness (QED) is 0.407. The van der Waals surface area contributed by atoms with Crippen LogP contribution in [0.3, 0.4) is 0 Å². The molecule has 0 aromatic carbocycles. The average molecular weight is 316 g/mol. The van der Waals surface area contributed by atoms with Gasteiger partial charge in [0.15, 0.2) is 0 Å². The van der Waals surface area contributed by atoms with E-state index in [0.717, 1.165) is 6.54 Å². The predicted octanol–water partition coefficient (Wildman–Crippen LogP) is -0.471. The Hall–Kier alpha value is -1.44. The molecule has 1 aromatic heterocycles. The van der Waals surface area contributed by atoms with E-state index in [0.29, 0.717) is 26.4 Å². The fourth-order valence-corrected chi connectivity index (χ4v) is 1.51. The van der Waals surface area contributed by atoms with Crippen molar-refractivity contribution in [2.75, 3.05) is 40.1 Å². The summed E-state index contributed by atoms with van der Waals surface area (Å²) in [6, 6.07) is 0. The van der Waals surface area contributed by atoms with Crippen LogP contribution in [0.25, 0.3) is 0 Å². The number of imidazole rings is 1. The van der Waals surface area contributed by atoms with E-state index in [-0.39, 0.29) is 13.0 Å². The second-order valence-corrected chi connectivity index (χ2v) is 4.66. The van der Waals surface area contributed by atoms with Gasteiger partial charge in [0.05, 0.1) is 46.6 Å². The minimum Gasteiger partial charge on any atom is -0.550 e. The van der Waals surface area contributed by atoms with Crippen molar-refractivity contribution >= 4 is 5.97 Å². The van der Waals surface area contributed by atoms with E-state index in [2.05, 4.69) is 34.8 Å². The van der Waals surface area contributed by atoms with Crippen molar-refractivity contribution in [2.24, 2.45) is 7.05 Å². The zero-order chi connectivity index (χ0) is 16.6. The van der Waals surface area contributed by atoms with E-state index in [1.54, 1.807) is 7.11 Å². The number of methoxy groups -OCH3 is 1. The summed E-state index contributed by atoms with van der Waals surface area (Å²) < 4.78 is 19.0. The monoisotopic (exact) mass is 316 g/mol. The maximum Gasteiger partial charge on any atom is 0.243 e. The molecule has 0 aliphatic heterocycles. The van der Waals surface area contributed by atoms with Crippen LogP contribution in [-0.4, -0.2) is 50.7 Å². The van der Waals surface area contributed by atoms with E-state index in [9.17, 15) is 9.90 Å². The molecule has 0 atom stereocenters. The number of hydrogen-bond acceptors (Lipinski definition) is 5. The second kappa shape index (κ2) is 14.5. The molecule has 1 rings (SSSR count). The predicted molar refractivity (Wildman–Crippen MR) is 79.0 cm³/mol. The van der Waals surface area contributed by atoms with Crippen molar-refractivity contribution in [3.63, 3.8) is 0 Å². The smallest absolute Gasteiger partial charge is 0.243 e. The number of rotatable bonds is 11. The van der Waals surface area contributed by atoms with Gasteiger partial charge in [-0.05, 0) is 6.42 Å². The molecule has 0 aliphatic rings. The molecule has 22 heavy (non-hydrogen) atoms. The van der Waals surface area contributed by atoms with Crippen LogP contribution in [0.15, 0.2) is 18.7 Å². The summed E-state index contributed by atoms with van der Waals surface area (Å²) in [5, 5.41) is 9.93. The molecule has 0 fully saturated rings. The maximum atomic E-state index is 9.93. The SMILES string of the molecule is CCCn1cc[n+](C)c1.COCCOCCOCCC(=O)[O-]. The number of nitrogens with zero attached hydrogens (tertiary/aromatic N) is 2. The van der Waals surface area contributed by atoms with Gasteiger partial charge in [0.1, 0.15) is 12.4 Å². The van der Waals surface area contributed by atoms with Crippen LogP contribution < -0.4 is 9.67 Å². The average Bonchev–Trinajstić information content (AvgIpc) is 2.88. The lowest BCUT2D eigenvalue weighted by atomic mass is 10.5. The van der Waals surface area contributed by atoms with Crippen molar-refractivity contribution in [1.29, 1.82) is 0 Å². The van der Waals surface area contributed by atoms with Crippen LogP contribution in [-0.2, 0) is 32.6 Å². The minimum atomic E-state index is -1.10. The highest BCUT2D eigenvalue weighted by atomic mass is 16.5. The molecule has 0 bridgehead atoms. The Morgan fingerprint density at radius 2 is 1.82 bits per heavy atom. The zero-order valence-corrected chi connectivity index (χ0v) is 13.8. The highest BCUT2D eigenvalue weighted by Crippen LogP contribution is 1.86. The molecule has 1 heterocycles. The number of aryl methyl sites for hydroxylation is 2. The molecule has 0 spiro atoms. The standard InChI is InChI=1S/C8H16O5.C7H13N2/c1-11-4-5-13-7-6-12-3-2-8(9)10;1-3-4-9-6-5-8(2)7-9/h2-7H2,1H3,(H,9,10);5-7H,3-4H2,1-2H3/q;+1/p-1. The number of aromatic nitrogens is 2. The molecule has 0 unspecified atom stereocenters. The molecule has 1 aromatic rings. The minimum absolute atomic E-state index is 0.0714. The molecule has 7 heteroatoms. The fraction of sp³-hybridized carbons (Fsp3) is 0.733. The van der Waals surface area contributed by atoms with Gasteiger partial charge in [0, 0.05) is 19.5 Å². The lowest BCUT2D eigenvalue weighted by Crippen LogP contribution is -2.23. The van der Waals surface area contributed by atoms with Gasteiger partial charge in [-0.3, -0.25) is 0 Å². The van der Waals surface area contributed by atoms with Crippen molar-refractivity contribution in [3.8, 4) is 0 Å². The molecule has 0 amide bonds. The van der Waals surface area contributed by atoms with Crippen molar-refractivity contribution in [2.45, 2.75) is 26.3 Å². The third-order valence-corrected chi connectivity index (χ3v) is 2.56. The Bertz CT molecular complexity index is 382. The number of carbonyl (C=O) groups is 1. The Kier molecular flexibility index (Phi) is 13.5. The van der Waals surface area contributed by atoms with E-state index in [1.165, 1.54) is 6.42 Å². The summed E-state index contributed by atoms with van der Waals surface area (Å²) in [4.78, 5) is 9.93. The lowest BCUT2D eigenvalue weighted by molar-refractivity contribution is -0.671. The van der Waals surface area contributed by atoms with Crippen LogP contribution in [0.1, 0.15) is 19.8 Å². The van der Waals surface area contributed by atoms with E-state index >= 15 is 0 Å². The van der Waals surface area contributed by atoms with Crippen LogP contribution >= 0.6 is 0 Å². The highest BCUT2D eigenvalue weighted by molar-refractivity contribution is 5.64. The van der Waals surface area contributed by atoms with Gasteiger partial charge in [-0.2, -0.15) is 0 Å². The number of aliphatic carboxylic acids is 1. The largest absolute Gasteiger partial charge is 0.550 e. The molecule has 0 saturated heterocycles. The second-order valence-electron chi connectivity index (χ2n) is 4.66. The van der Waals surface area contributed by atoms with Gasteiger partial charge in [-0.1, -0.05) is 6.92 Å². The summed E-state index contributed by atoms with van der Waals surface area (Å²) in [6.45, 7) is 5.42. The summed E-state index contributed by atoms with van der Waals surface area (Å²) >= 11 is 0. The highest BCUT2D eigenvalue weighted by Gasteiger charge is 1.95. The molecular weight excluding hydrogens is 288 g/mol. The third-order valence-electron chi connectivity index (χ3n) is 2.56. The van der Waals surface area contributed by atoms with Crippen LogP contribution in [0.5, 0.6) is 0 Å². The molecule has 0 radical (unpaired) electrons.